The van der Waals surface area contributed by atoms with Gasteiger partial charge in [0.25, 0.3) is 0 Å². The number of ketones is 1. The molecule has 9 heteroatoms. The van der Waals surface area contributed by atoms with Crippen LogP contribution in [0.3, 0.4) is 0 Å². The summed E-state index contributed by atoms with van der Waals surface area (Å²) in [5.41, 5.74) is 4.59. The van der Waals surface area contributed by atoms with Gasteiger partial charge in [-0.15, -0.1) is 0 Å². The van der Waals surface area contributed by atoms with E-state index in [1.54, 1.807) is 10.9 Å². The minimum absolute atomic E-state index is 0.0739. The molecule has 1 aliphatic rings. The van der Waals surface area contributed by atoms with Crippen molar-refractivity contribution in [2.75, 3.05) is 18.4 Å². The highest BCUT2D eigenvalue weighted by molar-refractivity contribution is 6.09. The van der Waals surface area contributed by atoms with Gasteiger partial charge in [0.1, 0.15) is 0 Å². The van der Waals surface area contributed by atoms with Crippen LogP contribution in [0.25, 0.3) is 16.7 Å². The Bertz CT molecular complexity index is 1390. The summed E-state index contributed by atoms with van der Waals surface area (Å²) in [5.74, 6) is 1.16. The van der Waals surface area contributed by atoms with E-state index < -0.39 is 0 Å². The van der Waals surface area contributed by atoms with Gasteiger partial charge in [0.15, 0.2) is 11.6 Å². The lowest BCUT2D eigenvalue weighted by Gasteiger charge is -2.13. The predicted molar refractivity (Wildman–Crippen MR) is 135 cm³/mol. The van der Waals surface area contributed by atoms with Crippen molar-refractivity contribution in [1.82, 2.24) is 29.2 Å². The lowest BCUT2D eigenvalue weighted by molar-refractivity contribution is 0.0941. The third kappa shape index (κ3) is 4.69. The van der Waals surface area contributed by atoms with Gasteiger partial charge in [-0.3, -0.25) is 9.69 Å². The molecule has 0 aliphatic carbocycles. The zero-order valence-corrected chi connectivity index (χ0v) is 20.6. The van der Waals surface area contributed by atoms with Crippen molar-refractivity contribution in [3.8, 4) is 5.82 Å². The third-order valence-corrected chi connectivity index (χ3v) is 6.55. The highest BCUT2D eigenvalue weighted by Crippen LogP contribution is 2.27. The number of benzene rings is 1. The second kappa shape index (κ2) is 9.24. The maximum Gasteiger partial charge on any atom is 0.229 e. The summed E-state index contributed by atoms with van der Waals surface area (Å²) in [6.07, 6.45) is 6.17. The minimum Gasteiger partial charge on any atom is -0.392 e. The van der Waals surface area contributed by atoms with E-state index in [-0.39, 0.29) is 17.8 Å². The van der Waals surface area contributed by atoms with Crippen LogP contribution in [0, 0.1) is 12.8 Å². The molecule has 182 valence electrons. The summed E-state index contributed by atoms with van der Waals surface area (Å²) in [5, 5.41) is 18.6. The maximum absolute atomic E-state index is 12.7. The Balaban J connectivity index is 1.38. The largest absolute Gasteiger partial charge is 0.392 e. The van der Waals surface area contributed by atoms with Crippen LogP contribution in [-0.4, -0.2) is 59.3 Å². The molecule has 1 aromatic carbocycles. The van der Waals surface area contributed by atoms with E-state index in [2.05, 4.69) is 25.3 Å². The summed E-state index contributed by atoms with van der Waals surface area (Å²) in [6, 6.07) is 7.75. The molecule has 4 aromatic rings. The van der Waals surface area contributed by atoms with Crippen molar-refractivity contribution >= 4 is 28.3 Å². The van der Waals surface area contributed by atoms with E-state index in [9.17, 15) is 9.90 Å². The average Bonchev–Trinajstić information content (AvgIpc) is 3.51. The van der Waals surface area contributed by atoms with Gasteiger partial charge in [-0.05, 0) is 31.5 Å². The number of hydrogen-bond acceptors (Lipinski definition) is 7. The number of aliphatic hydroxyl groups is 1. The number of aryl methyl sites for hydroxylation is 2. The lowest BCUT2D eigenvalue weighted by atomic mass is 10.0. The number of nitrogens with one attached hydrogen (secondary N) is 1. The Labute approximate surface area is 204 Å². The van der Waals surface area contributed by atoms with Crippen molar-refractivity contribution in [2.45, 2.75) is 39.8 Å². The zero-order chi connectivity index (χ0) is 24.7. The molecule has 1 atom stereocenters. The number of fused-ring (bicyclic) bond motifs is 1. The molecule has 0 unspecified atom stereocenters. The normalized spacial score (nSPS) is 16.5. The summed E-state index contributed by atoms with van der Waals surface area (Å²) >= 11 is 0. The standard InChI is InChI=1S/C26H31N7O2/c1-16(2)25(35)22-15-31(4)23-6-5-19(11-21(22)23)28-26-27-9-7-24(29-26)33-13-18(17(3)30-33)12-32-10-8-20(34)14-32/h5-7,9,11,13,15-16,20,34H,8,10,12,14H2,1-4H3,(H,27,28,29)/t20-/m1/s1. The number of carbonyl (C=O) groups excluding carboxylic acids is 1. The van der Waals surface area contributed by atoms with E-state index in [1.807, 2.05) is 69.0 Å². The van der Waals surface area contributed by atoms with E-state index >= 15 is 0 Å². The topological polar surface area (TPSA) is 101 Å². The number of hydrogen-bond donors (Lipinski definition) is 2. The number of Topliss-reactive ketones (excluding diaryl/α,β-unsaturated/α-hetero) is 1. The van der Waals surface area contributed by atoms with E-state index in [4.69, 9.17) is 0 Å². The van der Waals surface area contributed by atoms with Crippen LogP contribution in [0.1, 0.15) is 41.9 Å². The molecule has 0 saturated carbocycles. The summed E-state index contributed by atoms with van der Waals surface area (Å²) in [7, 11) is 1.95. The van der Waals surface area contributed by atoms with Crippen molar-refractivity contribution in [1.29, 1.82) is 0 Å². The fraction of sp³-hybridized carbons (Fsp3) is 0.385. The van der Waals surface area contributed by atoms with E-state index in [1.165, 1.54) is 0 Å². The monoisotopic (exact) mass is 473 g/mol. The highest BCUT2D eigenvalue weighted by Gasteiger charge is 2.22. The molecule has 1 aliphatic heterocycles. The van der Waals surface area contributed by atoms with Gasteiger partial charge < -0.3 is 15.0 Å². The summed E-state index contributed by atoms with van der Waals surface area (Å²) in [6.45, 7) is 8.17. The number of carbonyl (C=O) groups is 1. The number of rotatable bonds is 7. The van der Waals surface area contributed by atoms with Crippen molar-refractivity contribution in [2.24, 2.45) is 13.0 Å². The van der Waals surface area contributed by atoms with Crippen LogP contribution in [0.4, 0.5) is 11.6 Å². The van der Waals surface area contributed by atoms with Gasteiger partial charge in [-0.25, -0.2) is 9.67 Å². The van der Waals surface area contributed by atoms with Gasteiger partial charge in [-0.2, -0.15) is 10.1 Å². The molecule has 0 spiro atoms. The van der Waals surface area contributed by atoms with Crippen LogP contribution in [0.5, 0.6) is 0 Å². The van der Waals surface area contributed by atoms with E-state index in [0.717, 1.165) is 52.9 Å². The average molecular weight is 474 g/mol. The first kappa shape index (κ1) is 23.2. The Morgan fingerprint density at radius 2 is 2.09 bits per heavy atom. The van der Waals surface area contributed by atoms with Gasteiger partial charge in [0.05, 0.1) is 11.8 Å². The molecular weight excluding hydrogens is 442 g/mol. The molecule has 1 saturated heterocycles. The molecule has 0 bridgehead atoms. The van der Waals surface area contributed by atoms with Crippen LogP contribution >= 0.6 is 0 Å². The SMILES string of the molecule is Cc1nn(-c2ccnc(Nc3ccc4c(c3)c(C(=O)C(C)C)cn4C)n2)cc1CN1CC[C@@H](O)C1. The van der Waals surface area contributed by atoms with Crippen LogP contribution < -0.4 is 5.32 Å². The zero-order valence-electron chi connectivity index (χ0n) is 20.6. The van der Waals surface area contributed by atoms with Gasteiger partial charge in [0.2, 0.25) is 5.95 Å². The molecule has 0 radical (unpaired) electrons. The number of anilines is 2. The van der Waals surface area contributed by atoms with E-state index in [0.29, 0.717) is 18.3 Å². The first-order valence-corrected chi connectivity index (χ1v) is 12.0. The molecule has 0 amide bonds. The molecule has 2 N–H and O–H groups in total. The molecule has 3 aromatic heterocycles. The number of β-amino-alcohol motifs (C(OH)–C–C–N with tert-alkyl or cyclic N) is 1. The summed E-state index contributed by atoms with van der Waals surface area (Å²) < 4.78 is 3.75. The number of nitrogens with zero attached hydrogens (tertiary/aromatic N) is 6. The van der Waals surface area contributed by atoms with Crippen LogP contribution in [-0.2, 0) is 13.6 Å². The van der Waals surface area contributed by atoms with Gasteiger partial charge in [-0.1, -0.05) is 13.8 Å². The second-order valence-electron chi connectivity index (χ2n) is 9.63. The molecule has 5 rings (SSSR count). The van der Waals surface area contributed by atoms with Gasteiger partial charge in [0, 0.05) is 85.0 Å². The summed E-state index contributed by atoms with van der Waals surface area (Å²) in [4.78, 5) is 24.0. The minimum atomic E-state index is -0.240. The Hall–Kier alpha value is -3.56. The fourth-order valence-electron chi connectivity index (χ4n) is 4.61. The van der Waals surface area contributed by atoms with Crippen molar-refractivity contribution < 1.29 is 9.90 Å². The third-order valence-electron chi connectivity index (χ3n) is 6.55. The number of likely N-dealkylation sites (tertiary alicyclic amines) is 1. The molecule has 9 nitrogen and oxygen atoms in total. The first-order chi connectivity index (χ1) is 16.8. The number of aromatic nitrogens is 5. The Morgan fingerprint density at radius 3 is 2.83 bits per heavy atom. The molecule has 1 fully saturated rings. The highest BCUT2D eigenvalue weighted by atomic mass is 16.3. The van der Waals surface area contributed by atoms with Crippen LogP contribution in [0.15, 0.2) is 42.9 Å². The van der Waals surface area contributed by atoms with Crippen molar-refractivity contribution in [3.05, 3.63) is 59.7 Å². The second-order valence-corrected chi connectivity index (χ2v) is 9.63. The van der Waals surface area contributed by atoms with Gasteiger partial charge >= 0.3 is 0 Å². The lowest BCUT2D eigenvalue weighted by Crippen LogP contribution is -2.21. The number of aliphatic hydroxyl groups excluding tert-OH is 1. The maximum atomic E-state index is 12.7. The molecule has 35 heavy (non-hydrogen) atoms. The van der Waals surface area contributed by atoms with Crippen LogP contribution in [0.2, 0.25) is 0 Å². The van der Waals surface area contributed by atoms with Crippen molar-refractivity contribution in [3.63, 3.8) is 0 Å². The Kier molecular flexibility index (Phi) is 6.12. The molecular formula is C26H31N7O2. The predicted octanol–water partition coefficient (Wildman–Crippen LogP) is 3.61. The smallest absolute Gasteiger partial charge is 0.229 e. The molecule has 4 heterocycles. The Morgan fingerprint density at radius 1 is 1.26 bits per heavy atom. The fourth-order valence-corrected chi connectivity index (χ4v) is 4.61. The first-order valence-electron chi connectivity index (χ1n) is 12.0. The quantitative estimate of drug-likeness (QED) is 0.396.